The van der Waals surface area contributed by atoms with Gasteiger partial charge in [0.25, 0.3) is 0 Å². The zero-order chi connectivity index (χ0) is 10.1. The molecule has 0 radical (unpaired) electrons. The van der Waals surface area contributed by atoms with E-state index in [1.54, 1.807) is 0 Å². The first-order valence-corrected chi connectivity index (χ1v) is 4.88. The lowest BCUT2D eigenvalue weighted by Gasteiger charge is -2.30. The van der Waals surface area contributed by atoms with Gasteiger partial charge >= 0.3 is 6.18 Å². The molecule has 0 saturated heterocycles. The summed E-state index contributed by atoms with van der Waals surface area (Å²) in [5.41, 5.74) is 0. The van der Waals surface area contributed by atoms with Crippen LogP contribution < -0.4 is 0 Å². The standard InChI is InChI=1S/C6H6ClF3N2S/c1-13-5(6(8,9)10)2-11-4(7)12-3-5/h2H,3H2,1H3. The molecule has 0 spiro atoms. The van der Waals surface area contributed by atoms with Gasteiger partial charge in [-0.3, -0.25) is 4.99 Å². The van der Waals surface area contributed by atoms with E-state index >= 15 is 0 Å². The van der Waals surface area contributed by atoms with E-state index in [0.717, 1.165) is 6.21 Å². The van der Waals surface area contributed by atoms with E-state index < -0.39 is 17.5 Å². The van der Waals surface area contributed by atoms with Crippen molar-refractivity contribution in [3.05, 3.63) is 0 Å². The number of hydrogen-bond acceptors (Lipinski definition) is 3. The molecule has 0 aromatic heterocycles. The topological polar surface area (TPSA) is 24.7 Å². The summed E-state index contributed by atoms with van der Waals surface area (Å²) in [6, 6.07) is 0. The molecule has 0 saturated carbocycles. The fourth-order valence-electron chi connectivity index (χ4n) is 0.818. The van der Waals surface area contributed by atoms with Gasteiger partial charge in [-0.1, -0.05) is 0 Å². The Morgan fingerprint density at radius 1 is 1.62 bits per heavy atom. The number of nitrogens with zero attached hydrogens (tertiary/aromatic N) is 2. The average molecular weight is 231 g/mol. The summed E-state index contributed by atoms with van der Waals surface area (Å²) in [4.78, 5) is 6.83. The number of alkyl halides is 3. The molecule has 0 amide bonds. The number of aliphatic imine (C=N–C) groups is 2. The number of hydrogen-bond donors (Lipinski definition) is 0. The van der Waals surface area contributed by atoms with Gasteiger partial charge in [0.15, 0.2) is 4.75 Å². The largest absolute Gasteiger partial charge is 0.409 e. The second-order valence-corrected chi connectivity index (χ2v) is 3.91. The summed E-state index contributed by atoms with van der Waals surface area (Å²) in [7, 11) is 0. The molecule has 0 N–H and O–H groups in total. The third-order valence-corrected chi connectivity index (χ3v) is 3.08. The Hall–Kier alpha value is -0.230. The first kappa shape index (κ1) is 10.8. The van der Waals surface area contributed by atoms with Crippen molar-refractivity contribution in [2.24, 2.45) is 9.98 Å². The van der Waals surface area contributed by atoms with Crippen LogP contribution in [0.5, 0.6) is 0 Å². The number of thioether (sulfide) groups is 1. The van der Waals surface area contributed by atoms with Crippen LogP contribution in [0.3, 0.4) is 0 Å². The summed E-state index contributed by atoms with van der Waals surface area (Å²) in [6.45, 7) is -0.403. The van der Waals surface area contributed by atoms with Gasteiger partial charge in [-0.05, 0) is 17.9 Å². The first-order valence-electron chi connectivity index (χ1n) is 3.28. The van der Waals surface area contributed by atoms with Gasteiger partial charge in [0.2, 0.25) is 5.29 Å². The van der Waals surface area contributed by atoms with Crippen LogP contribution in [-0.2, 0) is 0 Å². The van der Waals surface area contributed by atoms with E-state index in [1.807, 2.05) is 0 Å². The summed E-state index contributed by atoms with van der Waals surface area (Å²) in [6.07, 6.45) is -2.17. The zero-order valence-corrected chi connectivity index (χ0v) is 8.17. The van der Waals surface area contributed by atoms with Crippen molar-refractivity contribution in [2.45, 2.75) is 10.9 Å². The maximum Gasteiger partial charge on any atom is 0.409 e. The molecule has 74 valence electrons. The van der Waals surface area contributed by atoms with Crippen LogP contribution in [0.4, 0.5) is 13.2 Å². The van der Waals surface area contributed by atoms with Crippen molar-refractivity contribution in [2.75, 3.05) is 12.8 Å². The number of rotatable bonds is 1. The van der Waals surface area contributed by atoms with Crippen molar-refractivity contribution >= 4 is 34.9 Å². The van der Waals surface area contributed by atoms with Crippen molar-refractivity contribution in [3.8, 4) is 0 Å². The van der Waals surface area contributed by atoms with E-state index in [1.165, 1.54) is 6.26 Å². The van der Waals surface area contributed by atoms with E-state index in [0.29, 0.717) is 11.8 Å². The highest BCUT2D eigenvalue weighted by atomic mass is 35.5. The smallest absolute Gasteiger partial charge is 0.254 e. The molecule has 1 atom stereocenters. The Labute approximate surface area is 82.3 Å². The van der Waals surface area contributed by atoms with E-state index in [9.17, 15) is 13.2 Å². The lowest BCUT2D eigenvalue weighted by molar-refractivity contribution is -0.139. The van der Waals surface area contributed by atoms with E-state index in [2.05, 4.69) is 9.98 Å². The Morgan fingerprint density at radius 2 is 2.23 bits per heavy atom. The molecule has 0 aromatic rings. The van der Waals surface area contributed by atoms with Crippen LogP contribution in [-0.4, -0.2) is 35.2 Å². The Morgan fingerprint density at radius 3 is 2.54 bits per heavy atom. The lowest BCUT2D eigenvalue weighted by Crippen LogP contribution is -2.47. The SMILES string of the molecule is CSC1(C(F)(F)F)C=NC(Cl)=NC1. The normalized spacial score (nSPS) is 28.8. The number of amidine groups is 1. The molecule has 0 bridgehead atoms. The molecule has 2 nitrogen and oxygen atoms in total. The Bertz CT molecular complexity index is 263. The molecule has 1 rings (SSSR count). The van der Waals surface area contributed by atoms with Gasteiger partial charge in [0, 0.05) is 6.21 Å². The van der Waals surface area contributed by atoms with Gasteiger partial charge in [-0.25, -0.2) is 4.99 Å². The van der Waals surface area contributed by atoms with E-state index in [-0.39, 0.29) is 5.29 Å². The van der Waals surface area contributed by atoms with Crippen molar-refractivity contribution < 1.29 is 13.2 Å². The molecule has 1 aliphatic heterocycles. The molecule has 13 heavy (non-hydrogen) atoms. The van der Waals surface area contributed by atoms with E-state index in [4.69, 9.17) is 11.6 Å². The predicted molar refractivity (Wildman–Crippen MR) is 48.9 cm³/mol. The molecular weight excluding hydrogens is 225 g/mol. The summed E-state index contributed by atoms with van der Waals surface area (Å²) in [5.74, 6) is 0. The average Bonchev–Trinajstić information content (AvgIpc) is 2.04. The highest BCUT2D eigenvalue weighted by Crippen LogP contribution is 2.40. The summed E-state index contributed by atoms with van der Waals surface area (Å²) in [5, 5.41) is -0.131. The molecule has 1 heterocycles. The van der Waals surface area contributed by atoms with Gasteiger partial charge < -0.3 is 0 Å². The molecule has 1 aliphatic rings. The van der Waals surface area contributed by atoms with Crippen LogP contribution in [0, 0.1) is 0 Å². The van der Waals surface area contributed by atoms with Crippen LogP contribution in [0.25, 0.3) is 0 Å². The van der Waals surface area contributed by atoms with Gasteiger partial charge in [-0.2, -0.15) is 13.2 Å². The first-order chi connectivity index (χ1) is 5.91. The molecule has 1 unspecified atom stereocenters. The molecule has 0 aromatic carbocycles. The van der Waals surface area contributed by atoms with Crippen LogP contribution in [0.1, 0.15) is 0 Å². The lowest BCUT2D eigenvalue weighted by atomic mass is 10.1. The quantitative estimate of drug-likeness (QED) is 0.635. The molecular formula is C6H6ClF3N2S. The summed E-state index contributed by atoms with van der Waals surface area (Å²) >= 11 is 5.99. The molecule has 0 fully saturated rings. The third kappa shape index (κ3) is 1.99. The van der Waals surface area contributed by atoms with Crippen LogP contribution in [0.15, 0.2) is 9.98 Å². The third-order valence-electron chi connectivity index (χ3n) is 1.67. The number of halogens is 4. The van der Waals surface area contributed by atoms with Crippen LogP contribution in [0.2, 0.25) is 0 Å². The highest BCUT2D eigenvalue weighted by molar-refractivity contribution is 8.00. The van der Waals surface area contributed by atoms with Gasteiger partial charge in [-0.15, -0.1) is 11.8 Å². The minimum absolute atomic E-state index is 0.131. The fourth-order valence-corrected chi connectivity index (χ4v) is 1.51. The van der Waals surface area contributed by atoms with Crippen molar-refractivity contribution in [1.29, 1.82) is 0 Å². The minimum atomic E-state index is -4.35. The Balaban J connectivity index is 2.94. The second-order valence-electron chi connectivity index (χ2n) is 2.43. The Kier molecular flexibility index (Phi) is 2.91. The molecule has 7 heteroatoms. The molecule has 0 aliphatic carbocycles. The maximum absolute atomic E-state index is 12.5. The highest BCUT2D eigenvalue weighted by Gasteiger charge is 2.54. The minimum Gasteiger partial charge on any atom is -0.254 e. The monoisotopic (exact) mass is 230 g/mol. The van der Waals surface area contributed by atoms with Crippen molar-refractivity contribution in [1.82, 2.24) is 0 Å². The van der Waals surface area contributed by atoms with Crippen molar-refractivity contribution in [3.63, 3.8) is 0 Å². The van der Waals surface area contributed by atoms with Gasteiger partial charge in [0.05, 0.1) is 6.54 Å². The zero-order valence-electron chi connectivity index (χ0n) is 6.60. The van der Waals surface area contributed by atoms with Gasteiger partial charge in [0.1, 0.15) is 0 Å². The fraction of sp³-hybridized carbons (Fsp3) is 0.667. The maximum atomic E-state index is 12.5. The summed E-state index contributed by atoms with van der Waals surface area (Å²) < 4.78 is 35.5. The second kappa shape index (κ2) is 3.49. The predicted octanol–water partition coefficient (Wildman–Crippen LogP) is 2.33. The van der Waals surface area contributed by atoms with Crippen LogP contribution >= 0.6 is 23.4 Å².